The SMILES string of the molecule is O=C(O)CC1CN(C(=O)c2c[nH]ccc2=O)C1. The minimum Gasteiger partial charge on any atom is -0.481 e. The van der Waals surface area contributed by atoms with Crippen molar-refractivity contribution in [2.45, 2.75) is 6.42 Å². The van der Waals surface area contributed by atoms with Crippen LogP contribution in [0.4, 0.5) is 0 Å². The fraction of sp³-hybridized carbons (Fsp3) is 0.364. The predicted molar refractivity (Wildman–Crippen MR) is 58.7 cm³/mol. The summed E-state index contributed by atoms with van der Waals surface area (Å²) in [4.78, 5) is 37.9. The Labute approximate surface area is 96.9 Å². The van der Waals surface area contributed by atoms with Gasteiger partial charge in [0.15, 0.2) is 5.43 Å². The van der Waals surface area contributed by atoms with Gasteiger partial charge in [0.05, 0.1) is 6.42 Å². The fourth-order valence-electron chi connectivity index (χ4n) is 1.87. The first-order valence-corrected chi connectivity index (χ1v) is 5.26. The molecule has 0 atom stereocenters. The molecule has 1 fully saturated rings. The van der Waals surface area contributed by atoms with Gasteiger partial charge in [-0.05, 0) is 0 Å². The lowest BCUT2D eigenvalue weighted by atomic mass is 9.95. The Balaban J connectivity index is 1.98. The number of carboxylic acids is 1. The van der Waals surface area contributed by atoms with Crippen molar-refractivity contribution in [1.29, 1.82) is 0 Å². The Morgan fingerprint density at radius 3 is 2.76 bits per heavy atom. The van der Waals surface area contributed by atoms with Gasteiger partial charge in [-0.3, -0.25) is 14.4 Å². The van der Waals surface area contributed by atoms with E-state index in [1.165, 1.54) is 23.4 Å². The maximum absolute atomic E-state index is 11.8. The molecule has 0 spiro atoms. The molecule has 90 valence electrons. The van der Waals surface area contributed by atoms with E-state index in [4.69, 9.17) is 5.11 Å². The summed E-state index contributed by atoms with van der Waals surface area (Å²) in [7, 11) is 0. The van der Waals surface area contributed by atoms with Crippen LogP contribution in [0.2, 0.25) is 0 Å². The van der Waals surface area contributed by atoms with E-state index in [-0.39, 0.29) is 29.2 Å². The molecule has 0 aliphatic carbocycles. The molecule has 2 rings (SSSR count). The average molecular weight is 236 g/mol. The van der Waals surface area contributed by atoms with Crippen LogP contribution in [-0.2, 0) is 4.79 Å². The van der Waals surface area contributed by atoms with Crippen molar-refractivity contribution in [3.63, 3.8) is 0 Å². The van der Waals surface area contributed by atoms with E-state index in [1.807, 2.05) is 0 Å². The van der Waals surface area contributed by atoms with Crippen LogP contribution < -0.4 is 5.43 Å². The van der Waals surface area contributed by atoms with Crippen molar-refractivity contribution >= 4 is 11.9 Å². The highest BCUT2D eigenvalue weighted by Crippen LogP contribution is 2.20. The monoisotopic (exact) mass is 236 g/mol. The Morgan fingerprint density at radius 2 is 2.18 bits per heavy atom. The Bertz CT molecular complexity index is 502. The number of H-pyrrole nitrogens is 1. The summed E-state index contributed by atoms with van der Waals surface area (Å²) in [5.41, 5.74) is -0.225. The zero-order chi connectivity index (χ0) is 12.4. The number of amides is 1. The summed E-state index contributed by atoms with van der Waals surface area (Å²) < 4.78 is 0. The number of aliphatic carboxylic acids is 1. The molecule has 0 radical (unpaired) electrons. The first-order valence-electron chi connectivity index (χ1n) is 5.26. The summed E-state index contributed by atoms with van der Waals surface area (Å²) in [6.45, 7) is 0.804. The third-order valence-corrected chi connectivity index (χ3v) is 2.76. The standard InChI is InChI=1S/C11H12N2O4/c14-9-1-2-12-4-8(9)11(17)13-5-7(6-13)3-10(15)16/h1-2,4,7H,3,5-6H2,(H,12,14)(H,15,16). The molecule has 0 bridgehead atoms. The third kappa shape index (κ3) is 2.35. The quantitative estimate of drug-likeness (QED) is 0.768. The zero-order valence-electron chi connectivity index (χ0n) is 9.05. The number of carboxylic acid groups (broad SMARTS) is 1. The highest BCUT2D eigenvalue weighted by Gasteiger charge is 2.33. The van der Waals surface area contributed by atoms with Crippen molar-refractivity contribution < 1.29 is 14.7 Å². The van der Waals surface area contributed by atoms with E-state index in [1.54, 1.807) is 0 Å². The summed E-state index contributed by atoms with van der Waals surface area (Å²) in [5, 5.41) is 8.58. The van der Waals surface area contributed by atoms with Gasteiger partial charge in [-0.25, -0.2) is 0 Å². The molecule has 6 nitrogen and oxygen atoms in total. The van der Waals surface area contributed by atoms with E-state index in [0.717, 1.165) is 0 Å². The van der Waals surface area contributed by atoms with Crippen LogP contribution in [0.3, 0.4) is 0 Å². The molecule has 6 heteroatoms. The maximum atomic E-state index is 11.8. The number of rotatable bonds is 3. The summed E-state index contributed by atoms with van der Waals surface area (Å²) >= 11 is 0. The smallest absolute Gasteiger partial charge is 0.303 e. The second kappa shape index (κ2) is 4.40. The molecule has 0 saturated carbocycles. The fourth-order valence-corrected chi connectivity index (χ4v) is 1.87. The van der Waals surface area contributed by atoms with Crippen LogP contribution in [0.15, 0.2) is 23.3 Å². The molecule has 1 aromatic rings. The van der Waals surface area contributed by atoms with E-state index < -0.39 is 5.97 Å². The van der Waals surface area contributed by atoms with Gasteiger partial charge in [0.2, 0.25) is 0 Å². The van der Waals surface area contributed by atoms with Gasteiger partial charge in [0.25, 0.3) is 5.91 Å². The summed E-state index contributed by atoms with van der Waals surface area (Å²) in [6.07, 6.45) is 2.90. The second-order valence-corrected chi connectivity index (χ2v) is 4.10. The molecular formula is C11H12N2O4. The normalized spacial score (nSPS) is 15.4. The molecule has 1 aromatic heterocycles. The lowest BCUT2D eigenvalue weighted by Crippen LogP contribution is -2.51. The molecule has 1 amide bonds. The summed E-state index contributed by atoms with van der Waals surface area (Å²) in [5.74, 6) is -1.20. The number of aromatic amines is 1. The predicted octanol–water partition coefficient (Wildman–Crippen LogP) is -0.0784. The Hall–Kier alpha value is -2.11. The molecule has 0 unspecified atom stereocenters. The minimum atomic E-state index is -0.861. The van der Waals surface area contributed by atoms with E-state index in [0.29, 0.717) is 13.1 Å². The van der Waals surface area contributed by atoms with Crippen LogP contribution in [-0.4, -0.2) is 40.0 Å². The Morgan fingerprint density at radius 1 is 1.47 bits per heavy atom. The van der Waals surface area contributed by atoms with Crippen molar-refractivity contribution in [2.24, 2.45) is 5.92 Å². The van der Waals surface area contributed by atoms with Crippen LogP contribution in [0.5, 0.6) is 0 Å². The largest absolute Gasteiger partial charge is 0.481 e. The lowest BCUT2D eigenvalue weighted by molar-refractivity contribution is -0.139. The van der Waals surface area contributed by atoms with Gasteiger partial charge in [0, 0.05) is 37.5 Å². The molecule has 1 saturated heterocycles. The molecule has 1 aliphatic rings. The number of hydrogen-bond donors (Lipinski definition) is 2. The third-order valence-electron chi connectivity index (χ3n) is 2.76. The van der Waals surface area contributed by atoms with Crippen LogP contribution in [0, 0.1) is 5.92 Å². The van der Waals surface area contributed by atoms with Gasteiger partial charge < -0.3 is 15.0 Å². The van der Waals surface area contributed by atoms with E-state index in [2.05, 4.69) is 4.98 Å². The summed E-state index contributed by atoms with van der Waals surface area (Å²) in [6, 6.07) is 1.29. The van der Waals surface area contributed by atoms with Crippen LogP contribution >= 0.6 is 0 Å². The van der Waals surface area contributed by atoms with Crippen molar-refractivity contribution in [3.8, 4) is 0 Å². The van der Waals surface area contributed by atoms with Gasteiger partial charge in [-0.2, -0.15) is 0 Å². The van der Waals surface area contributed by atoms with Gasteiger partial charge in [-0.1, -0.05) is 0 Å². The highest BCUT2D eigenvalue weighted by molar-refractivity contribution is 5.94. The highest BCUT2D eigenvalue weighted by atomic mass is 16.4. The van der Waals surface area contributed by atoms with E-state index in [9.17, 15) is 14.4 Å². The van der Waals surface area contributed by atoms with Gasteiger partial charge in [0.1, 0.15) is 5.56 Å². The number of hydrogen-bond acceptors (Lipinski definition) is 3. The number of nitrogens with zero attached hydrogens (tertiary/aromatic N) is 1. The molecular weight excluding hydrogens is 224 g/mol. The number of carbonyl (C=O) groups excluding carboxylic acids is 1. The molecule has 17 heavy (non-hydrogen) atoms. The van der Waals surface area contributed by atoms with E-state index >= 15 is 0 Å². The first-order chi connectivity index (χ1) is 8.08. The average Bonchev–Trinajstić information content (AvgIpc) is 2.22. The second-order valence-electron chi connectivity index (χ2n) is 4.10. The first kappa shape index (κ1) is 11.4. The van der Waals surface area contributed by atoms with Crippen LogP contribution in [0.25, 0.3) is 0 Å². The number of carbonyl (C=O) groups is 2. The van der Waals surface area contributed by atoms with Gasteiger partial charge >= 0.3 is 5.97 Å². The van der Waals surface area contributed by atoms with Crippen molar-refractivity contribution in [1.82, 2.24) is 9.88 Å². The minimum absolute atomic E-state index is 0.000700. The topological polar surface area (TPSA) is 90.5 Å². The lowest BCUT2D eigenvalue weighted by Gasteiger charge is -2.38. The molecule has 2 N–H and O–H groups in total. The zero-order valence-corrected chi connectivity index (χ0v) is 9.05. The molecule has 2 heterocycles. The number of likely N-dealkylation sites (tertiary alicyclic amines) is 1. The van der Waals surface area contributed by atoms with Crippen LogP contribution in [0.1, 0.15) is 16.8 Å². The van der Waals surface area contributed by atoms with Crippen molar-refractivity contribution in [3.05, 3.63) is 34.2 Å². The maximum Gasteiger partial charge on any atom is 0.303 e. The van der Waals surface area contributed by atoms with Gasteiger partial charge in [-0.15, -0.1) is 0 Å². The number of aromatic nitrogens is 1. The molecule has 1 aliphatic heterocycles. The number of nitrogens with one attached hydrogen (secondary N) is 1. The Kier molecular flexibility index (Phi) is 2.95. The number of pyridine rings is 1. The molecule has 0 aromatic carbocycles. The van der Waals surface area contributed by atoms with Crippen molar-refractivity contribution in [2.75, 3.05) is 13.1 Å².